The van der Waals surface area contributed by atoms with Crippen LogP contribution in [0.25, 0.3) is 0 Å². The Balaban J connectivity index is 2.41. The first kappa shape index (κ1) is 11.7. The van der Waals surface area contributed by atoms with E-state index in [0.29, 0.717) is 0 Å². The number of thiophene rings is 1. The summed E-state index contributed by atoms with van der Waals surface area (Å²) < 4.78 is 0. The van der Waals surface area contributed by atoms with Crippen LogP contribution in [0.3, 0.4) is 0 Å². The zero-order valence-electron chi connectivity index (χ0n) is 8.92. The predicted molar refractivity (Wildman–Crippen MR) is 61.6 cm³/mol. The number of aliphatic hydroxyl groups is 1. The summed E-state index contributed by atoms with van der Waals surface area (Å²) in [5.41, 5.74) is 0.0682. The van der Waals surface area contributed by atoms with Crippen molar-refractivity contribution in [3.05, 3.63) is 22.4 Å². The molecule has 0 radical (unpaired) electrons. The van der Waals surface area contributed by atoms with Crippen molar-refractivity contribution in [3.8, 4) is 0 Å². The molecule has 0 aliphatic carbocycles. The van der Waals surface area contributed by atoms with E-state index in [1.165, 1.54) is 4.88 Å². The fourth-order valence-corrected chi connectivity index (χ4v) is 2.00. The van der Waals surface area contributed by atoms with Gasteiger partial charge in [0.2, 0.25) is 0 Å². The van der Waals surface area contributed by atoms with Gasteiger partial charge in [-0.25, -0.2) is 0 Å². The third-order valence-corrected chi connectivity index (χ3v) is 3.59. The molecule has 1 unspecified atom stereocenters. The van der Waals surface area contributed by atoms with Gasteiger partial charge in [-0.05, 0) is 31.2 Å². The Morgan fingerprint density at radius 1 is 1.57 bits per heavy atom. The molecule has 0 saturated carbocycles. The molecule has 3 heteroatoms. The lowest BCUT2D eigenvalue weighted by molar-refractivity contribution is 0.215. The lowest BCUT2D eigenvalue weighted by Gasteiger charge is -2.28. The molecular weight excluding hydrogens is 194 g/mol. The van der Waals surface area contributed by atoms with Gasteiger partial charge in [0.15, 0.2) is 0 Å². The molecule has 1 rings (SSSR count). The number of hydrogen-bond acceptors (Lipinski definition) is 3. The highest BCUT2D eigenvalue weighted by Crippen LogP contribution is 2.16. The van der Waals surface area contributed by atoms with Crippen LogP contribution in [0, 0.1) is 0 Å². The minimum Gasteiger partial charge on any atom is -0.396 e. The minimum absolute atomic E-state index is 0.0682. The summed E-state index contributed by atoms with van der Waals surface area (Å²) >= 11 is 1.77. The molecule has 0 fully saturated rings. The summed E-state index contributed by atoms with van der Waals surface area (Å²) in [5.74, 6) is 0. The van der Waals surface area contributed by atoms with Gasteiger partial charge in [-0.1, -0.05) is 13.0 Å². The summed E-state index contributed by atoms with van der Waals surface area (Å²) in [7, 11) is 0. The first-order valence-electron chi connectivity index (χ1n) is 5.08. The number of rotatable bonds is 6. The van der Waals surface area contributed by atoms with Crippen LogP contribution in [0.2, 0.25) is 0 Å². The van der Waals surface area contributed by atoms with Crippen LogP contribution in [0.5, 0.6) is 0 Å². The molecule has 1 aromatic rings. The number of hydrogen-bond donors (Lipinski definition) is 2. The molecule has 2 nitrogen and oxygen atoms in total. The molecule has 80 valence electrons. The average molecular weight is 213 g/mol. The van der Waals surface area contributed by atoms with Gasteiger partial charge in [0.1, 0.15) is 0 Å². The second kappa shape index (κ2) is 5.49. The van der Waals surface area contributed by atoms with Crippen molar-refractivity contribution in [1.82, 2.24) is 5.32 Å². The Morgan fingerprint density at radius 2 is 2.36 bits per heavy atom. The van der Waals surface area contributed by atoms with Crippen LogP contribution >= 0.6 is 11.3 Å². The summed E-state index contributed by atoms with van der Waals surface area (Å²) in [6.45, 7) is 5.47. The van der Waals surface area contributed by atoms with Gasteiger partial charge >= 0.3 is 0 Å². The van der Waals surface area contributed by atoms with Gasteiger partial charge < -0.3 is 10.4 Å². The molecule has 0 aliphatic heterocycles. The van der Waals surface area contributed by atoms with E-state index in [9.17, 15) is 0 Å². The highest BCUT2D eigenvalue weighted by Gasteiger charge is 2.20. The summed E-state index contributed by atoms with van der Waals surface area (Å²) in [6.07, 6.45) is 1.85. The first-order valence-corrected chi connectivity index (χ1v) is 5.96. The van der Waals surface area contributed by atoms with E-state index in [2.05, 4.69) is 36.7 Å². The standard InChI is InChI=1S/C11H19NOS/c1-3-11(2,6-7-13)12-9-10-5-4-8-14-10/h4-5,8,12-13H,3,6-7,9H2,1-2H3. The minimum atomic E-state index is 0.0682. The fraction of sp³-hybridized carbons (Fsp3) is 0.636. The monoisotopic (exact) mass is 213 g/mol. The number of aliphatic hydroxyl groups excluding tert-OH is 1. The highest BCUT2D eigenvalue weighted by atomic mass is 32.1. The van der Waals surface area contributed by atoms with Gasteiger partial charge in [0.05, 0.1) is 0 Å². The van der Waals surface area contributed by atoms with Crippen molar-refractivity contribution in [2.45, 2.75) is 38.8 Å². The van der Waals surface area contributed by atoms with Crippen LogP contribution in [-0.2, 0) is 6.54 Å². The smallest absolute Gasteiger partial charge is 0.0448 e. The van der Waals surface area contributed by atoms with Crippen molar-refractivity contribution in [3.63, 3.8) is 0 Å². The van der Waals surface area contributed by atoms with Crippen molar-refractivity contribution in [2.75, 3.05) is 6.61 Å². The normalized spacial score (nSPS) is 15.4. The van der Waals surface area contributed by atoms with Crippen LogP contribution in [0.4, 0.5) is 0 Å². The third kappa shape index (κ3) is 3.40. The molecule has 0 aromatic carbocycles. The zero-order valence-corrected chi connectivity index (χ0v) is 9.73. The van der Waals surface area contributed by atoms with E-state index in [1.54, 1.807) is 11.3 Å². The van der Waals surface area contributed by atoms with Crippen molar-refractivity contribution in [2.24, 2.45) is 0 Å². The first-order chi connectivity index (χ1) is 6.70. The molecule has 14 heavy (non-hydrogen) atoms. The van der Waals surface area contributed by atoms with E-state index in [0.717, 1.165) is 19.4 Å². The van der Waals surface area contributed by atoms with Gasteiger partial charge in [-0.3, -0.25) is 0 Å². The van der Waals surface area contributed by atoms with E-state index in [1.807, 2.05) is 0 Å². The molecule has 1 aromatic heterocycles. The summed E-state index contributed by atoms with van der Waals surface area (Å²) in [5, 5.41) is 14.5. The van der Waals surface area contributed by atoms with Crippen LogP contribution < -0.4 is 5.32 Å². The van der Waals surface area contributed by atoms with Crippen LogP contribution in [-0.4, -0.2) is 17.3 Å². The Kier molecular flexibility index (Phi) is 4.58. The Labute approximate surface area is 90.0 Å². The zero-order chi connectivity index (χ0) is 10.4. The van der Waals surface area contributed by atoms with Crippen molar-refractivity contribution >= 4 is 11.3 Å². The van der Waals surface area contributed by atoms with E-state index in [4.69, 9.17) is 5.11 Å². The molecule has 0 bridgehead atoms. The second-order valence-corrected chi connectivity index (χ2v) is 4.85. The van der Waals surface area contributed by atoms with Gasteiger partial charge in [0, 0.05) is 23.6 Å². The largest absolute Gasteiger partial charge is 0.396 e. The highest BCUT2D eigenvalue weighted by molar-refractivity contribution is 7.09. The molecule has 0 aliphatic rings. The number of nitrogens with one attached hydrogen (secondary N) is 1. The Bertz CT molecular complexity index is 248. The molecule has 0 saturated heterocycles. The molecular formula is C11H19NOS. The molecule has 1 atom stereocenters. The molecule has 1 heterocycles. The maximum absolute atomic E-state index is 8.95. The third-order valence-electron chi connectivity index (χ3n) is 2.71. The van der Waals surface area contributed by atoms with E-state index >= 15 is 0 Å². The van der Waals surface area contributed by atoms with E-state index < -0.39 is 0 Å². The second-order valence-electron chi connectivity index (χ2n) is 3.82. The van der Waals surface area contributed by atoms with Crippen LogP contribution in [0.1, 0.15) is 31.6 Å². The topological polar surface area (TPSA) is 32.3 Å². The van der Waals surface area contributed by atoms with Gasteiger partial charge in [-0.15, -0.1) is 11.3 Å². The molecule has 0 spiro atoms. The maximum Gasteiger partial charge on any atom is 0.0448 e. The Morgan fingerprint density at radius 3 is 2.86 bits per heavy atom. The maximum atomic E-state index is 8.95. The average Bonchev–Trinajstić information content (AvgIpc) is 2.68. The SMILES string of the molecule is CCC(C)(CCO)NCc1cccs1. The van der Waals surface area contributed by atoms with E-state index in [-0.39, 0.29) is 12.1 Å². The predicted octanol–water partition coefficient (Wildman–Crippen LogP) is 2.39. The lowest BCUT2D eigenvalue weighted by Crippen LogP contribution is -2.41. The lowest BCUT2D eigenvalue weighted by atomic mass is 9.95. The summed E-state index contributed by atoms with van der Waals surface area (Å²) in [6, 6.07) is 4.20. The van der Waals surface area contributed by atoms with Gasteiger partial charge in [0.25, 0.3) is 0 Å². The molecule has 2 N–H and O–H groups in total. The quantitative estimate of drug-likeness (QED) is 0.760. The van der Waals surface area contributed by atoms with Crippen molar-refractivity contribution < 1.29 is 5.11 Å². The Hall–Kier alpha value is -0.380. The van der Waals surface area contributed by atoms with Gasteiger partial charge in [-0.2, -0.15) is 0 Å². The van der Waals surface area contributed by atoms with Crippen molar-refractivity contribution in [1.29, 1.82) is 0 Å². The molecule has 0 amide bonds. The fourth-order valence-electron chi connectivity index (χ4n) is 1.35. The summed E-state index contributed by atoms with van der Waals surface area (Å²) in [4.78, 5) is 1.35. The van der Waals surface area contributed by atoms with Crippen LogP contribution in [0.15, 0.2) is 17.5 Å².